The summed E-state index contributed by atoms with van der Waals surface area (Å²) in [4.78, 5) is 11.4. The van der Waals surface area contributed by atoms with E-state index >= 15 is 0 Å². The Morgan fingerprint density at radius 2 is 1.58 bits per heavy atom. The Morgan fingerprint density at radius 1 is 1.04 bits per heavy atom. The molecule has 0 saturated heterocycles. The Hall–Kier alpha value is -2.52. The van der Waals surface area contributed by atoms with E-state index in [1.165, 1.54) is 6.92 Å². The molecule has 1 aromatic carbocycles. The number of aromatic nitrogens is 1. The third kappa shape index (κ3) is 3.87. The van der Waals surface area contributed by atoms with Crippen molar-refractivity contribution < 1.29 is 40.4 Å². The van der Waals surface area contributed by atoms with E-state index in [1.807, 2.05) is 0 Å². The van der Waals surface area contributed by atoms with Gasteiger partial charge in [0.05, 0.1) is 17.7 Å². The van der Waals surface area contributed by atoms with Gasteiger partial charge < -0.3 is 9.26 Å². The van der Waals surface area contributed by atoms with E-state index in [9.17, 15) is 31.1 Å². The lowest BCUT2D eigenvalue weighted by molar-refractivity contribution is -0.143. The topological polar surface area (TPSA) is 52.3 Å². The van der Waals surface area contributed by atoms with Crippen LogP contribution in [-0.4, -0.2) is 17.7 Å². The van der Waals surface area contributed by atoms with Gasteiger partial charge in [0.2, 0.25) is 0 Å². The fourth-order valence-electron chi connectivity index (χ4n) is 1.81. The van der Waals surface area contributed by atoms with Crippen molar-refractivity contribution in [1.82, 2.24) is 5.16 Å². The average Bonchev–Trinajstić information content (AvgIpc) is 2.95. The first-order valence-corrected chi connectivity index (χ1v) is 6.46. The van der Waals surface area contributed by atoms with Gasteiger partial charge in [-0.25, -0.2) is 4.79 Å². The SMILES string of the molecule is CCOC(=O)c1cc(-c2cc(C(F)(F)F)cc(C(F)(F)F)c2)on1. The Morgan fingerprint density at radius 3 is 2.04 bits per heavy atom. The van der Waals surface area contributed by atoms with Gasteiger partial charge in [-0.2, -0.15) is 26.3 Å². The minimum absolute atomic E-state index is 0.00781. The van der Waals surface area contributed by atoms with Crippen molar-refractivity contribution in [3.05, 3.63) is 41.1 Å². The van der Waals surface area contributed by atoms with Crippen LogP contribution < -0.4 is 0 Å². The minimum Gasteiger partial charge on any atom is -0.461 e. The zero-order chi connectivity index (χ0) is 18.1. The van der Waals surface area contributed by atoms with Gasteiger partial charge in [0.15, 0.2) is 11.5 Å². The van der Waals surface area contributed by atoms with Crippen molar-refractivity contribution in [2.24, 2.45) is 0 Å². The summed E-state index contributed by atoms with van der Waals surface area (Å²) in [7, 11) is 0. The number of carbonyl (C=O) groups is 1. The van der Waals surface area contributed by atoms with Gasteiger partial charge in [-0.05, 0) is 25.1 Å². The van der Waals surface area contributed by atoms with Crippen LogP contribution in [0, 0.1) is 0 Å². The smallest absolute Gasteiger partial charge is 0.416 e. The number of esters is 1. The second-order valence-corrected chi connectivity index (χ2v) is 4.59. The van der Waals surface area contributed by atoms with Gasteiger partial charge in [0, 0.05) is 11.6 Å². The van der Waals surface area contributed by atoms with Gasteiger partial charge in [-0.1, -0.05) is 5.16 Å². The summed E-state index contributed by atoms with van der Waals surface area (Å²) < 4.78 is 86.1. The third-order valence-corrected chi connectivity index (χ3v) is 2.87. The van der Waals surface area contributed by atoms with Crippen molar-refractivity contribution in [3.8, 4) is 11.3 Å². The van der Waals surface area contributed by atoms with E-state index in [2.05, 4.69) is 14.4 Å². The molecule has 130 valence electrons. The zero-order valence-electron chi connectivity index (χ0n) is 12.0. The zero-order valence-corrected chi connectivity index (χ0v) is 12.0. The van der Waals surface area contributed by atoms with Crippen LogP contribution in [0.5, 0.6) is 0 Å². The van der Waals surface area contributed by atoms with Crippen LogP contribution in [0.4, 0.5) is 26.3 Å². The van der Waals surface area contributed by atoms with E-state index in [1.54, 1.807) is 0 Å². The minimum atomic E-state index is -4.99. The normalized spacial score (nSPS) is 12.3. The molecule has 0 aliphatic carbocycles. The molecule has 0 saturated carbocycles. The second kappa shape index (κ2) is 6.17. The van der Waals surface area contributed by atoms with E-state index in [0.29, 0.717) is 12.1 Å². The molecule has 0 radical (unpaired) electrons. The first-order valence-electron chi connectivity index (χ1n) is 6.46. The molecule has 0 atom stereocenters. The number of halogens is 6. The molecule has 0 fully saturated rings. The van der Waals surface area contributed by atoms with Crippen molar-refractivity contribution in [2.75, 3.05) is 6.61 Å². The lowest BCUT2D eigenvalue weighted by atomic mass is 10.0. The van der Waals surface area contributed by atoms with Crippen LogP contribution in [0.15, 0.2) is 28.8 Å². The summed E-state index contributed by atoms with van der Waals surface area (Å²) in [6, 6.07) is 1.86. The first kappa shape index (κ1) is 17.8. The highest BCUT2D eigenvalue weighted by Gasteiger charge is 2.37. The van der Waals surface area contributed by atoms with E-state index < -0.39 is 40.8 Å². The van der Waals surface area contributed by atoms with Crippen molar-refractivity contribution >= 4 is 5.97 Å². The van der Waals surface area contributed by atoms with E-state index in [4.69, 9.17) is 0 Å². The van der Waals surface area contributed by atoms with E-state index in [0.717, 1.165) is 6.07 Å². The number of ether oxygens (including phenoxy) is 1. The summed E-state index contributed by atoms with van der Waals surface area (Å²) in [6.45, 7) is 1.53. The highest BCUT2D eigenvalue weighted by Crippen LogP contribution is 2.38. The van der Waals surface area contributed by atoms with Crippen LogP contribution in [0.1, 0.15) is 28.5 Å². The summed E-state index contributed by atoms with van der Waals surface area (Å²) in [5.74, 6) is -1.33. The van der Waals surface area contributed by atoms with Crippen molar-refractivity contribution in [1.29, 1.82) is 0 Å². The second-order valence-electron chi connectivity index (χ2n) is 4.59. The largest absolute Gasteiger partial charge is 0.461 e. The summed E-state index contributed by atoms with van der Waals surface area (Å²) in [5, 5.41) is 3.28. The monoisotopic (exact) mass is 353 g/mol. The van der Waals surface area contributed by atoms with Crippen LogP contribution in [0.3, 0.4) is 0 Å². The lowest BCUT2D eigenvalue weighted by Gasteiger charge is -2.13. The molecule has 0 spiro atoms. The molecule has 0 aliphatic heterocycles. The number of alkyl halides is 6. The molecule has 24 heavy (non-hydrogen) atoms. The molecule has 10 heteroatoms. The highest BCUT2D eigenvalue weighted by atomic mass is 19.4. The molecule has 2 aromatic rings. The molecule has 0 N–H and O–H groups in total. The Balaban J connectivity index is 2.52. The molecular weight excluding hydrogens is 344 g/mol. The quantitative estimate of drug-likeness (QED) is 0.600. The predicted molar refractivity (Wildman–Crippen MR) is 67.9 cm³/mol. The number of benzene rings is 1. The van der Waals surface area contributed by atoms with E-state index in [-0.39, 0.29) is 18.4 Å². The van der Waals surface area contributed by atoms with Gasteiger partial charge in [-0.15, -0.1) is 0 Å². The molecular formula is C14H9F6NO3. The molecule has 1 aromatic heterocycles. The molecule has 4 nitrogen and oxygen atoms in total. The number of hydrogen-bond acceptors (Lipinski definition) is 4. The van der Waals surface area contributed by atoms with Crippen LogP contribution >= 0.6 is 0 Å². The lowest BCUT2D eigenvalue weighted by Crippen LogP contribution is -2.11. The number of carbonyl (C=O) groups excluding carboxylic acids is 1. The van der Waals surface area contributed by atoms with Gasteiger partial charge >= 0.3 is 18.3 Å². The summed E-state index contributed by atoms with van der Waals surface area (Å²) in [6.07, 6.45) is -9.97. The maximum absolute atomic E-state index is 12.8. The maximum Gasteiger partial charge on any atom is 0.416 e. The van der Waals surface area contributed by atoms with Crippen molar-refractivity contribution in [2.45, 2.75) is 19.3 Å². The average molecular weight is 353 g/mol. The number of nitrogens with zero attached hydrogens (tertiary/aromatic N) is 1. The maximum atomic E-state index is 12.8. The Kier molecular flexibility index (Phi) is 4.59. The molecule has 0 bridgehead atoms. The molecule has 2 rings (SSSR count). The van der Waals surface area contributed by atoms with Gasteiger partial charge in [0.1, 0.15) is 0 Å². The fraction of sp³-hybridized carbons (Fsp3) is 0.286. The first-order chi connectivity index (χ1) is 11.0. The highest BCUT2D eigenvalue weighted by molar-refractivity contribution is 5.88. The molecule has 0 amide bonds. The molecule has 0 aliphatic rings. The molecule has 1 heterocycles. The van der Waals surface area contributed by atoms with Gasteiger partial charge in [-0.3, -0.25) is 0 Å². The summed E-state index contributed by atoms with van der Waals surface area (Å²) in [5.41, 5.74) is -3.87. The fourth-order valence-corrected chi connectivity index (χ4v) is 1.81. The molecule has 0 unspecified atom stereocenters. The van der Waals surface area contributed by atoms with Crippen LogP contribution in [0.2, 0.25) is 0 Å². The third-order valence-electron chi connectivity index (χ3n) is 2.87. The predicted octanol–water partition coefficient (Wildman–Crippen LogP) is 4.56. The Labute approximate surface area is 131 Å². The van der Waals surface area contributed by atoms with Crippen LogP contribution in [-0.2, 0) is 17.1 Å². The van der Waals surface area contributed by atoms with Crippen molar-refractivity contribution in [3.63, 3.8) is 0 Å². The summed E-state index contributed by atoms with van der Waals surface area (Å²) >= 11 is 0. The van der Waals surface area contributed by atoms with Gasteiger partial charge in [0.25, 0.3) is 0 Å². The van der Waals surface area contributed by atoms with Crippen LogP contribution in [0.25, 0.3) is 11.3 Å². The Bertz CT molecular complexity index is 715. The standard InChI is InChI=1S/C14H9F6NO3/c1-2-23-12(22)10-6-11(24-21-10)7-3-8(13(15,16)17)5-9(4-7)14(18,19)20/h3-6H,2H2,1H3. The number of rotatable bonds is 3. The number of hydrogen-bond donors (Lipinski definition) is 0.